The molecular weight excluding hydrogens is 320 g/mol. The molecule has 4 rings (SSSR count). The highest BCUT2D eigenvalue weighted by molar-refractivity contribution is 6.27. The normalized spacial score (nSPS) is 21.6. The number of hydrogen-bond acceptors (Lipinski definition) is 4. The minimum Gasteiger partial charge on any atom is -0.497 e. The minimum absolute atomic E-state index is 0.160. The van der Waals surface area contributed by atoms with Gasteiger partial charge in [0, 0.05) is 11.3 Å². The quantitative estimate of drug-likeness (QED) is 0.685. The van der Waals surface area contributed by atoms with Crippen molar-refractivity contribution in [3.8, 4) is 5.75 Å². The van der Waals surface area contributed by atoms with Crippen LogP contribution in [0, 0.1) is 0 Å². The van der Waals surface area contributed by atoms with E-state index in [1.807, 2.05) is 30.3 Å². The van der Waals surface area contributed by atoms with Crippen molar-refractivity contribution in [2.24, 2.45) is 0 Å². The van der Waals surface area contributed by atoms with Gasteiger partial charge >= 0.3 is 0 Å². The molecule has 2 heterocycles. The molecule has 1 saturated heterocycles. The van der Waals surface area contributed by atoms with Crippen LogP contribution in [0.15, 0.2) is 48.5 Å². The Kier molecular flexibility index (Phi) is 3.35. The van der Waals surface area contributed by atoms with Gasteiger partial charge in [0.1, 0.15) is 5.75 Å². The maximum absolute atomic E-state index is 13.1. The van der Waals surface area contributed by atoms with Crippen LogP contribution in [0.1, 0.15) is 17.5 Å². The number of hydrogen-bond donors (Lipinski definition) is 1. The number of rotatable bonds is 3. The standard InChI is InChI=1S/C19H16N2O4/c1-25-13-7-8-15-14(9-13)19(17(23)20-15)10-16(22)21(18(19)24)11-12-5-3-2-4-6-12/h2-9H,10-11H2,1H3,(H,20,23)/t19-/m0/s1. The fourth-order valence-corrected chi connectivity index (χ4v) is 3.52. The van der Waals surface area contributed by atoms with Gasteiger partial charge < -0.3 is 10.1 Å². The number of likely N-dealkylation sites (tertiary alicyclic amines) is 1. The van der Waals surface area contributed by atoms with Gasteiger partial charge in [0.2, 0.25) is 17.7 Å². The van der Waals surface area contributed by atoms with E-state index in [4.69, 9.17) is 4.74 Å². The number of carbonyl (C=O) groups excluding carboxylic acids is 3. The molecule has 0 aliphatic carbocycles. The summed E-state index contributed by atoms with van der Waals surface area (Å²) >= 11 is 0. The number of benzene rings is 2. The number of nitrogens with zero attached hydrogens (tertiary/aromatic N) is 1. The van der Waals surface area contributed by atoms with Gasteiger partial charge in [-0.05, 0) is 23.8 Å². The predicted octanol–water partition coefficient (Wildman–Crippen LogP) is 1.84. The number of nitrogens with one attached hydrogen (secondary N) is 1. The van der Waals surface area contributed by atoms with Crippen molar-refractivity contribution in [1.29, 1.82) is 0 Å². The molecule has 1 fully saturated rings. The van der Waals surface area contributed by atoms with Crippen molar-refractivity contribution in [1.82, 2.24) is 4.90 Å². The fraction of sp³-hybridized carbons (Fsp3) is 0.211. The first-order valence-corrected chi connectivity index (χ1v) is 7.95. The van der Waals surface area contributed by atoms with Crippen LogP contribution in [0.4, 0.5) is 5.69 Å². The third-order valence-corrected chi connectivity index (χ3v) is 4.83. The molecule has 1 N–H and O–H groups in total. The molecule has 0 unspecified atom stereocenters. The van der Waals surface area contributed by atoms with E-state index >= 15 is 0 Å². The van der Waals surface area contributed by atoms with Crippen molar-refractivity contribution in [2.75, 3.05) is 12.4 Å². The van der Waals surface area contributed by atoms with E-state index < -0.39 is 17.2 Å². The van der Waals surface area contributed by atoms with Crippen LogP contribution >= 0.6 is 0 Å². The molecule has 2 aromatic carbocycles. The van der Waals surface area contributed by atoms with Crippen molar-refractivity contribution < 1.29 is 19.1 Å². The Hall–Kier alpha value is -3.15. The Bertz CT molecular complexity index is 894. The average molecular weight is 336 g/mol. The van der Waals surface area contributed by atoms with Crippen LogP contribution in [0.2, 0.25) is 0 Å². The van der Waals surface area contributed by atoms with E-state index in [-0.39, 0.29) is 18.9 Å². The lowest BCUT2D eigenvalue weighted by Gasteiger charge is -2.20. The molecule has 0 aromatic heterocycles. The van der Waals surface area contributed by atoms with Gasteiger partial charge in [0.25, 0.3) is 0 Å². The van der Waals surface area contributed by atoms with Gasteiger partial charge in [0.05, 0.1) is 20.1 Å². The first kappa shape index (κ1) is 15.4. The Morgan fingerprint density at radius 3 is 2.60 bits per heavy atom. The molecule has 2 aromatic rings. The molecule has 126 valence electrons. The summed E-state index contributed by atoms with van der Waals surface area (Å²) in [5.41, 5.74) is 0.403. The van der Waals surface area contributed by atoms with Crippen molar-refractivity contribution >= 4 is 23.4 Å². The van der Waals surface area contributed by atoms with Gasteiger partial charge in [-0.1, -0.05) is 30.3 Å². The average Bonchev–Trinajstić information content (AvgIpc) is 3.05. The number of imide groups is 1. The Morgan fingerprint density at radius 2 is 1.88 bits per heavy atom. The molecule has 0 saturated carbocycles. The summed E-state index contributed by atoms with van der Waals surface area (Å²) < 4.78 is 5.21. The molecule has 6 heteroatoms. The molecule has 0 radical (unpaired) electrons. The predicted molar refractivity (Wildman–Crippen MR) is 89.9 cm³/mol. The number of carbonyl (C=O) groups is 3. The molecule has 1 atom stereocenters. The van der Waals surface area contributed by atoms with Crippen molar-refractivity contribution in [3.05, 3.63) is 59.7 Å². The third-order valence-electron chi connectivity index (χ3n) is 4.83. The van der Waals surface area contributed by atoms with E-state index in [9.17, 15) is 14.4 Å². The van der Waals surface area contributed by atoms with E-state index in [0.717, 1.165) is 5.56 Å². The second-order valence-electron chi connectivity index (χ2n) is 6.22. The second-order valence-corrected chi connectivity index (χ2v) is 6.22. The number of fused-ring (bicyclic) bond motifs is 2. The van der Waals surface area contributed by atoms with Crippen molar-refractivity contribution in [2.45, 2.75) is 18.4 Å². The summed E-state index contributed by atoms with van der Waals surface area (Å²) in [6.07, 6.45) is -0.162. The highest BCUT2D eigenvalue weighted by Crippen LogP contribution is 2.47. The Morgan fingerprint density at radius 1 is 1.12 bits per heavy atom. The van der Waals surface area contributed by atoms with Gasteiger partial charge in [-0.25, -0.2) is 0 Å². The van der Waals surface area contributed by atoms with E-state index in [0.29, 0.717) is 17.0 Å². The number of anilines is 1. The molecule has 25 heavy (non-hydrogen) atoms. The number of ether oxygens (including phenoxy) is 1. The topological polar surface area (TPSA) is 75.7 Å². The lowest BCUT2D eigenvalue weighted by atomic mass is 9.80. The lowest BCUT2D eigenvalue weighted by Crippen LogP contribution is -2.43. The first-order valence-electron chi connectivity index (χ1n) is 7.95. The zero-order valence-corrected chi connectivity index (χ0v) is 13.6. The van der Waals surface area contributed by atoms with Crippen LogP contribution in [-0.2, 0) is 26.3 Å². The van der Waals surface area contributed by atoms with Gasteiger partial charge in [0.15, 0.2) is 5.41 Å². The Balaban J connectivity index is 1.76. The molecule has 2 aliphatic rings. The second kappa shape index (κ2) is 5.44. The number of methoxy groups -OCH3 is 1. The van der Waals surface area contributed by atoms with Crippen LogP contribution in [0.3, 0.4) is 0 Å². The van der Waals surface area contributed by atoms with Gasteiger partial charge in [-0.15, -0.1) is 0 Å². The summed E-state index contributed by atoms with van der Waals surface area (Å²) in [4.78, 5) is 39.5. The van der Waals surface area contributed by atoms with Crippen LogP contribution < -0.4 is 10.1 Å². The molecule has 6 nitrogen and oxygen atoms in total. The summed E-state index contributed by atoms with van der Waals surface area (Å²) in [5.74, 6) is -0.744. The number of amides is 3. The van der Waals surface area contributed by atoms with Crippen molar-refractivity contribution in [3.63, 3.8) is 0 Å². The van der Waals surface area contributed by atoms with Gasteiger partial charge in [-0.2, -0.15) is 0 Å². The highest BCUT2D eigenvalue weighted by Gasteiger charge is 2.61. The summed E-state index contributed by atoms with van der Waals surface area (Å²) in [6.45, 7) is 0.160. The van der Waals surface area contributed by atoms with Crippen LogP contribution in [0.25, 0.3) is 0 Å². The zero-order chi connectivity index (χ0) is 17.6. The summed E-state index contributed by atoms with van der Waals surface area (Å²) in [6, 6.07) is 14.3. The maximum atomic E-state index is 13.1. The monoisotopic (exact) mass is 336 g/mol. The molecule has 3 amide bonds. The highest BCUT2D eigenvalue weighted by atomic mass is 16.5. The van der Waals surface area contributed by atoms with Crippen LogP contribution in [0.5, 0.6) is 5.75 Å². The molecule has 1 spiro atoms. The summed E-state index contributed by atoms with van der Waals surface area (Å²) in [7, 11) is 1.52. The largest absolute Gasteiger partial charge is 0.497 e. The Labute approximate surface area is 144 Å². The fourth-order valence-electron chi connectivity index (χ4n) is 3.52. The lowest BCUT2D eigenvalue weighted by molar-refractivity contribution is -0.141. The smallest absolute Gasteiger partial charge is 0.250 e. The van der Waals surface area contributed by atoms with Gasteiger partial charge in [-0.3, -0.25) is 19.3 Å². The maximum Gasteiger partial charge on any atom is 0.250 e. The summed E-state index contributed by atoms with van der Waals surface area (Å²) in [5, 5.41) is 2.72. The van der Waals surface area contributed by atoms with E-state index in [1.165, 1.54) is 12.0 Å². The third kappa shape index (κ3) is 2.14. The molecular formula is C19H16N2O4. The van der Waals surface area contributed by atoms with E-state index in [1.54, 1.807) is 18.2 Å². The van der Waals surface area contributed by atoms with E-state index in [2.05, 4.69) is 5.32 Å². The molecule has 0 bridgehead atoms. The minimum atomic E-state index is -1.49. The first-order chi connectivity index (χ1) is 12.1. The zero-order valence-electron chi connectivity index (χ0n) is 13.6. The van der Waals surface area contributed by atoms with Crippen LogP contribution in [-0.4, -0.2) is 29.7 Å². The SMILES string of the molecule is COc1ccc2c(c1)[C@@]1(CC(=O)N(Cc3ccccc3)C1=O)C(=O)N2. The molecule has 2 aliphatic heterocycles.